The molecule has 3 nitrogen and oxygen atoms in total. The highest BCUT2D eigenvalue weighted by atomic mass is 16.5. The van der Waals surface area contributed by atoms with E-state index in [1.54, 1.807) is 0 Å². The fourth-order valence-corrected chi connectivity index (χ4v) is 1.18. The van der Waals surface area contributed by atoms with Crippen molar-refractivity contribution in [2.45, 2.75) is 20.8 Å². The number of ether oxygens (including phenoxy) is 1. The van der Waals surface area contributed by atoms with Crippen LogP contribution in [0.4, 0.5) is 0 Å². The minimum absolute atomic E-state index is 0.0272. The Bertz CT molecular complexity index is 330. The first-order valence-electron chi connectivity index (χ1n) is 5.57. The summed E-state index contributed by atoms with van der Waals surface area (Å²) in [5, 5.41) is 2.80. The molecule has 1 aromatic carbocycles. The van der Waals surface area contributed by atoms with Gasteiger partial charge in [0.2, 0.25) is 5.91 Å². The monoisotopic (exact) mass is 221 g/mol. The molecule has 0 aliphatic heterocycles. The molecule has 0 unspecified atom stereocenters. The Balaban J connectivity index is 2.21. The summed E-state index contributed by atoms with van der Waals surface area (Å²) in [6, 6.07) is 7.86. The molecule has 0 aliphatic carbocycles. The first-order valence-corrected chi connectivity index (χ1v) is 5.57. The predicted molar refractivity (Wildman–Crippen MR) is 64.5 cm³/mol. The molecular formula is C13H19NO2. The molecule has 0 atom stereocenters. The number of amides is 1. The summed E-state index contributed by atoms with van der Waals surface area (Å²) in [6.45, 7) is 6.82. The van der Waals surface area contributed by atoms with Gasteiger partial charge >= 0.3 is 0 Å². The van der Waals surface area contributed by atoms with Crippen LogP contribution in [0.3, 0.4) is 0 Å². The van der Waals surface area contributed by atoms with Gasteiger partial charge in [0.25, 0.3) is 0 Å². The van der Waals surface area contributed by atoms with E-state index in [1.165, 1.54) is 5.56 Å². The zero-order valence-corrected chi connectivity index (χ0v) is 10.1. The highest BCUT2D eigenvalue weighted by molar-refractivity contribution is 5.77. The Hall–Kier alpha value is -1.51. The van der Waals surface area contributed by atoms with Gasteiger partial charge in [0.15, 0.2) is 0 Å². The molecule has 0 aliphatic rings. The van der Waals surface area contributed by atoms with Crippen LogP contribution in [0, 0.1) is 12.8 Å². The van der Waals surface area contributed by atoms with Crippen LogP contribution in [-0.4, -0.2) is 19.1 Å². The van der Waals surface area contributed by atoms with Crippen LogP contribution in [0.25, 0.3) is 0 Å². The number of rotatable bonds is 5. The Morgan fingerprint density at radius 3 is 2.50 bits per heavy atom. The smallest absolute Gasteiger partial charge is 0.222 e. The fourth-order valence-electron chi connectivity index (χ4n) is 1.18. The normalized spacial score (nSPS) is 10.2. The summed E-state index contributed by atoms with van der Waals surface area (Å²) < 4.78 is 5.48. The number of carbonyl (C=O) groups excluding carboxylic acids is 1. The zero-order valence-electron chi connectivity index (χ0n) is 10.1. The lowest BCUT2D eigenvalue weighted by Gasteiger charge is -2.09. The molecule has 1 aromatic rings. The van der Waals surface area contributed by atoms with Gasteiger partial charge in [-0.2, -0.15) is 0 Å². The lowest BCUT2D eigenvalue weighted by atomic mass is 10.2. The van der Waals surface area contributed by atoms with Gasteiger partial charge in [-0.1, -0.05) is 31.5 Å². The van der Waals surface area contributed by atoms with E-state index >= 15 is 0 Å². The van der Waals surface area contributed by atoms with Crippen LogP contribution in [0.1, 0.15) is 19.4 Å². The maximum absolute atomic E-state index is 11.2. The van der Waals surface area contributed by atoms with Gasteiger partial charge in [-0.3, -0.25) is 4.79 Å². The number of aryl methyl sites for hydroxylation is 1. The molecule has 0 spiro atoms. The number of nitrogens with one attached hydrogen (secondary N) is 1. The number of carbonyl (C=O) groups is 1. The first kappa shape index (κ1) is 12.6. The Labute approximate surface area is 96.8 Å². The zero-order chi connectivity index (χ0) is 12.0. The summed E-state index contributed by atoms with van der Waals surface area (Å²) in [5.74, 6) is 0.927. The van der Waals surface area contributed by atoms with Crippen molar-refractivity contribution in [3.05, 3.63) is 29.8 Å². The first-order chi connectivity index (χ1) is 7.59. The van der Waals surface area contributed by atoms with Gasteiger partial charge in [-0.15, -0.1) is 0 Å². The van der Waals surface area contributed by atoms with Crippen LogP contribution >= 0.6 is 0 Å². The lowest BCUT2D eigenvalue weighted by Crippen LogP contribution is -2.31. The van der Waals surface area contributed by atoms with Gasteiger partial charge in [0.05, 0.1) is 6.54 Å². The largest absolute Gasteiger partial charge is 0.492 e. The highest BCUT2D eigenvalue weighted by Gasteiger charge is 2.04. The Morgan fingerprint density at radius 1 is 1.31 bits per heavy atom. The average molecular weight is 221 g/mol. The van der Waals surface area contributed by atoms with Crippen molar-refractivity contribution >= 4 is 5.91 Å². The fraction of sp³-hybridized carbons (Fsp3) is 0.462. The van der Waals surface area contributed by atoms with Crippen molar-refractivity contribution in [3.8, 4) is 5.75 Å². The van der Waals surface area contributed by atoms with Gasteiger partial charge in [0, 0.05) is 5.92 Å². The van der Waals surface area contributed by atoms with E-state index in [0.29, 0.717) is 13.2 Å². The molecule has 0 saturated heterocycles. The lowest BCUT2D eigenvalue weighted by molar-refractivity contribution is -0.124. The third kappa shape index (κ3) is 4.34. The second-order valence-corrected chi connectivity index (χ2v) is 4.11. The van der Waals surface area contributed by atoms with E-state index in [9.17, 15) is 4.79 Å². The van der Waals surface area contributed by atoms with Gasteiger partial charge in [0.1, 0.15) is 12.4 Å². The van der Waals surface area contributed by atoms with Gasteiger partial charge in [-0.25, -0.2) is 0 Å². The molecule has 1 amide bonds. The van der Waals surface area contributed by atoms with Crippen LogP contribution < -0.4 is 10.1 Å². The third-order valence-electron chi connectivity index (χ3n) is 2.22. The van der Waals surface area contributed by atoms with E-state index in [1.807, 2.05) is 45.0 Å². The van der Waals surface area contributed by atoms with E-state index in [4.69, 9.17) is 4.74 Å². The van der Waals surface area contributed by atoms with Gasteiger partial charge < -0.3 is 10.1 Å². The summed E-state index contributed by atoms with van der Waals surface area (Å²) in [4.78, 5) is 11.2. The van der Waals surface area contributed by atoms with Crippen molar-refractivity contribution in [3.63, 3.8) is 0 Å². The summed E-state index contributed by atoms with van der Waals surface area (Å²) in [6.07, 6.45) is 0. The highest BCUT2D eigenvalue weighted by Crippen LogP contribution is 2.10. The molecule has 0 radical (unpaired) electrons. The minimum Gasteiger partial charge on any atom is -0.492 e. The molecule has 16 heavy (non-hydrogen) atoms. The average Bonchev–Trinajstić information content (AvgIpc) is 2.26. The molecular weight excluding hydrogens is 202 g/mol. The number of benzene rings is 1. The summed E-state index contributed by atoms with van der Waals surface area (Å²) >= 11 is 0. The SMILES string of the molecule is Cc1ccc(OCCNC(=O)C(C)C)cc1. The maximum atomic E-state index is 11.2. The van der Waals surface area contributed by atoms with Gasteiger partial charge in [-0.05, 0) is 19.1 Å². The molecule has 3 heteroatoms. The quantitative estimate of drug-likeness (QED) is 0.774. The summed E-state index contributed by atoms with van der Waals surface area (Å²) in [7, 11) is 0. The van der Waals surface area contributed by atoms with Crippen LogP contribution in [0.5, 0.6) is 5.75 Å². The predicted octanol–water partition coefficient (Wildman–Crippen LogP) is 2.15. The topological polar surface area (TPSA) is 38.3 Å². The van der Waals surface area contributed by atoms with Crippen molar-refractivity contribution in [2.24, 2.45) is 5.92 Å². The second kappa shape index (κ2) is 6.16. The number of hydrogen-bond donors (Lipinski definition) is 1. The van der Waals surface area contributed by atoms with E-state index in [0.717, 1.165) is 5.75 Å². The van der Waals surface area contributed by atoms with Crippen molar-refractivity contribution < 1.29 is 9.53 Å². The van der Waals surface area contributed by atoms with Crippen molar-refractivity contribution in [1.29, 1.82) is 0 Å². The molecule has 0 aromatic heterocycles. The van der Waals surface area contributed by atoms with Crippen molar-refractivity contribution in [1.82, 2.24) is 5.32 Å². The Kier molecular flexibility index (Phi) is 4.83. The molecule has 0 heterocycles. The summed E-state index contributed by atoms with van der Waals surface area (Å²) in [5.41, 5.74) is 1.21. The van der Waals surface area contributed by atoms with Crippen molar-refractivity contribution in [2.75, 3.05) is 13.2 Å². The Morgan fingerprint density at radius 2 is 1.94 bits per heavy atom. The maximum Gasteiger partial charge on any atom is 0.222 e. The second-order valence-electron chi connectivity index (χ2n) is 4.11. The number of hydrogen-bond acceptors (Lipinski definition) is 2. The van der Waals surface area contributed by atoms with E-state index in [-0.39, 0.29) is 11.8 Å². The van der Waals surface area contributed by atoms with E-state index < -0.39 is 0 Å². The minimum atomic E-state index is 0.0272. The molecule has 88 valence electrons. The molecule has 0 saturated carbocycles. The van der Waals surface area contributed by atoms with Crippen LogP contribution in [0.15, 0.2) is 24.3 Å². The van der Waals surface area contributed by atoms with E-state index in [2.05, 4.69) is 5.32 Å². The molecule has 1 N–H and O–H groups in total. The standard InChI is InChI=1S/C13H19NO2/c1-10(2)13(15)14-8-9-16-12-6-4-11(3)5-7-12/h4-7,10H,8-9H2,1-3H3,(H,14,15). The van der Waals surface area contributed by atoms with Crippen LogP contribution in [-0.2, 0) is 4.79 Å². The third-order valence-corrected chi connectivity index (χ3v) is 2.22. The molecule has 1 rings (SSSR count). The van der Waals surface area contributed by atoms with Crippen LogP contribution in [0.2, 0.25) is 0 Å². The molecule has 0 fully saturated rings. The molecule has 0 bridgehead atoms.